The first-order valence-corrected chi connectivity index (χ1v) is 4.61. The zero-order valence-electron chi connectivity index (χ0n) is 8.73. The highest BCUT2D eigenvalue weighted by atomic mass is 16.2. The minimum Gasteiger partial charge on any atom is -0.358 e. The molecule has 0 aromatic carbocycles. The lowest BCUT2D eigenvalue weighted by atomic mass is 10.3. The monoisotopic (exact) mass is 210 g/mol. The van der Waals surface area contributed by atoms with E-state index in [1.165, 1.54) is 7.05 Å². The fourth-order valence-corrected chi connectivity index (χ4v) is 1.04. The van der Waals surface area contributed by atoms with Gasteiger partial charge in [-0.1, -0.05) is 0 Å². The zero-order chi connectivity index (χ0) is 11.3. The van der Waals surface area contributed by atoms with Gasteiger partial charge in [0.2, 0.25) is 11.8 Å². The Morgan fingerprint density at radius 2 is 2.27 bits per heavy atom. The Morgan fingerprint density at radius 1 is 1.53 bits per heavy atom. The molecule has 1 heterocycles. The molecule has 1 aromatic rings. The van der Waals surface area contributed by atoms with Gasteiger partial charge >= 0.3 is 0 Å². The highest BCUT2D eigenvalue weighted by molar-refractivity contribution is 5.86. The molecule has 2 N–H and O–H groups in total. The first-order valence-electron chi connectivity index (χ1n) is 4.61. The van der Waals surface area contributed by atoms with Gasteiger partial charge in [-0.25, -0.2) is 4.98 Å². The Balaban J connectivity index is 2.44. The number of imidazole rings is 1. The van der Waals surface area contributed by atoms with Crippen LogP contribution in [0.5, 0.6) is 0 Å². The van der Waals surface area contributed by atoms with E-state index in [0.29, 0.717) is 0 Å². The average molecular weight is 210 g/mol. The highest BCUT2D eigenvalue weighted by Crippen LogP contribution is 2.03. The van der Waals surface area contributed by atoms with Gasteiger partial charge in [-0.15, -0.1) is 0 Å². The summed E-state index contributed by atoms with van der Waals surface area (Å²) in [4.78, 5) is 26.2. The molecular weight excluding hydrogens is 196 g/mol. The largest absolute Gasteiger partial charge is 0.358 e. The molecule has 0 unspecified atom stereocenters. The molecular formula is C9H14N4O2. The van der Waals surface area contributed by atoms with Crippen molar-refractivity contribution in [3.63, 3.8) is 0 Å². The van der Waals surface area contributed by atoms with Crippen LogP contribution in [0.3, 0.4) is 0 Å². The Morgan fingerprint density at radius 3 is 2.80 bits per heavy atom. The number of likely N-dealkylation sites (N-methyl/N-ethyl adjacent to an activating group) is 1. The van der Waals surface area contributed by atoms with Crippen molar-refractivity contribution in [2.75, 3.05) is 13.6 Å². The van der Waals surface area contributed by atoms with E-state index in [1.54, 1.807) is 30.2 Å². The molecule has 0 bridgehead atoms. The summed E-state index contributed by atoms with van der Waals surface area (Å²) in [5.74, 6) is -0.433. The van der Waals surface area contributed by atoms with E-state index in [2.05, 4.69) is 15.6 Å². The summed E-state index contributed by atoms with van der Waals surface area (Å²) in [5, 5.41) is 4.94. The first kappa shape index (κ1) is 11.2. The number of hydrogen-bond donors (Lipinski definition) is 2. The summed E-state index contributed by atoms with van der Waals surface area (Å²) in [6, 6.07) is -0.364. The van der Waals surface area contributed by atoms with Crippen LogP contribution in [0.15, 0.2) is 18.7 Å². The third-order valence-corrected chi connectivity index (χ3v) is 2.05. The van der Waals surface area contributed by atoms with Gasteiger partial charge in [-0.05, 0) is 6.92 Å². The Hall–Kier alpha value is -1.85. The number of nitrogens with zero attached hydrogens (tertiary/aromatic N) is 2. The molecule has 0 aliphatic heterocycles. The van der Waals surface area contributed by atoms with E-state index < -0.39 is 0 Å². The molecule has 1 aromatic heterocycles. The van der Waals surface area contributed by atoms with Crippen molar-refractivity contribution in [3.8, 4) is 0 Å². The van der Waals surface area contributed by atoms with Gasteiger partial charge in [0.15, 0.2) is 0 Å². The molecule has 6 nitrogen and oxygen atoms in total. The Bertz CT molecular complexity index is 334. The number of carbonyl (C=O) groups is 2. The summed E-state index contributed by atoms with van der Waals surface area (Å²) in [6.07, 6.45) is 4.86. The molecule has 0 spiro atoms. The van der Waals surface area contributed by atoms with Gasteiger partial charge in [0.1, 0.15) is 6.04 Å². The van der Waals surface area contributed by atoms with Gasteiger partial charge in [0, 0.05) is 19.4 Å². The van der Waals surface area contributed by atoms with Crippen molar-refractivity contribution in [1.29, 1.82) is 0 Å². The van der Waals surface area contributed by atoms with Crippen LogP contribution >= 0.6 is 0 Å². The average Bonchev–Trinajstić information content (AvgIpc) is 2.77. The van der Waals surface area contributed by atoms with Crippen LogP contribution in [0.25, 0.3) is 0 Å². The standard InChI is InChI=1S/C9H14N4O2/c1-7(13-4-3-11-6-13)9(15)12-5-8(14)10-2/h3-4,6-7H,5H2,1-2H3,(H,10,14)(H,12,15)/t7-/m1/s1. The lowest BCUT2D eigenvalue weighted by Crippen LogP contribution is -2.38. The van der Waals surface area contributed by atoms with E-state index in [1.807, 2.05) is 0 Å². The molecule has 82 valence electrons. The van der Waals surface area contributed by atoms with E-state index in [0.717, 1.165) is 0 Å². The Labute approximate surface area is 87.7 Å². The SMILES string of the molecule is CNC(=O)CNC(=O)[C@@H](C)n1ccnc1. The predicted octanol–water partition coefficient (Wildman–Crippen LogP) is -0.694. The lowest BCUT2D eigenvalue weighted by molar-refractivity contribution is -0.127. The molecule has 6 heteroatoms. The van der Waals surface area contributed by atoms with Crippen LogP contribution in [0, 0.1) is 0 Å². The van der Waals surface area contributed by atoms with Gasteiger partial charge in [0.05, 0.1) is 12.9 Å². The molecule has 0 saturated heterocycles. The fourth-order valence-electron chi connectivity index (χ4n) is 1.04. The molecule has 0 aliphatic rings. The van der Waals surface area contributed by atoms with Crippen LogP contribution in [-0.2, 0) is 9.59 Å². The lowest BCUT2D eigenvalue weighted by Gasteiger charge is -2.12. The second kappa shape index (κ2) is 5.14. The minimum absolute atomic E-state index is 0.00558. The van der Waals surface area contributed by atoms with Crippen molar-refractivity contribution in [3.05, 3.63) is 18.7 Å². The smallest absolute Gasteiger partial charge is 0.243 e. The number of amides is 2. The topological polar surface area (TPSA) is 76.0 Å². The molecule has 0 fully saturated rings. The zero-order valence-corrected chi connectivity index (χ0v) is 8.73. The van der Waals surface area contributed by atoms with E-state index in [-0.39, 0.29) is 24.4 Å². The minimum atomic E-state index is -0.364. The van der Waals surface area contributed by atoms with Crippen molar-refractivity contribution in [1.82, 2.24) is 20.2 Å². The van der Waals surface area contributed by atoms with Crippen LogP contribution < -0.4 is 10.6 Å². The molecule has 0 radical (unpaired) electrons. The summed E-state index contributed by atoms with van der Waals surface area (Å²) in [6.45, 7) is 1.73. The van der Waals surface area contributed by atoms with E-state index >= 15 is 0 Å². The molecule has 1 rings (SSSR count). The second-order valence-corrected chi connectivity index (χ2v) is 3.08. The van der Waals surface area contributed by atoms with Crippen molar-refractivity contribution in [2.24, 2.45) is 0 Å². The fraction of sp³-hybridized carbons (Fsp3) is 0.444. The molecule has 0 aliphatic carbocycles. The molecule has 15 heavy (non-hydrogen) atoms. The van der Waals surface area contributed by atoms with Crippen LogP contribution in [-0.4, -0.2) is 35.0 Å². The quantitative estimate of drug-likeness (QED) is 0.690. The van der Waals surface area contributed by atoms with Crippen molar-refractivity contribution in [2.45, 2.75) is 13.0 Å². The summed E-state index contributed by atoms with van der Waals surface area (Å²) >= 11 is 0. The van der Waals surface area contributed by atoms with Gasteiger partial charge in [-0.3, -0.25) is 9.59 Å². The van der Waals surface area contributed by atoms with Crippen LogP contribution in [0.1, 0.15) is 13.0 Å². The highest BCUT2D eigenvalue weighted by Gasteiger charge is 2.14. The summed E-state index contributed by atoms with van der Waals surface area (Å²) < 4.78 is 1.67. The third-order valence-electron chi connectivity index (χ3n) is 2.05. The Kier molecular flexibility index (Phi) is 3.84. The number of nitrogens with one attached hydrogen (secondary N) is 2. The third kappa shape index (κ3) is 3.08. The van der Waals surface area contributed by atoms with Crippen LogP contribution in [0.4, 0.5) is 0 Å². The number of hydrogen-bond acceptors (Lipinski definition) is 3. The second-order valence-electron chi connectivity index (χ2n) is 3.08. The van der Waals surface area contributed by atoms with Gasteiger partial charge in [0.25, 0.3) is 0 Å². The molecule has 1 atom stereocenters. The maximum absolute atomic E-state index is 11.5. The van der Waals surface area contributed by atoms with E-state index in [4.69, 9.17) is 0 Å². The first-order chi connectivity index (χ1) is 7.15. The van der Waals surface area contributed by atoms with Crippen molar-refractivity contribution >= 4 is 11.8 Å². The maximum atomic E-state index is 11.5. The van der Waals surface area contributed by atoms with Gasteiger partial charge in [-0.2, -0.15) is 0 Å². The van der Waals surface area contributed by atoms with Crippen molar-refractivity contribution < 1.29 is 9.59 Å². The summed E-state index contributed by atoms with van der Waals surface area (Å²) in [7, 11) is 1.52. The predicted molar refractivity (Wildman–Crippen MR) is 54.0 cm³/mol. The number of carbonyl (C=O) groups excluding carboxylic acids is 2. The van der Waals surface area contributed by atoms with Gasteiger partial charge < -0.3 is 15.2 Å². The normalized spacial score (nSPS) is 11.9. The number of rotatable bonds is 4. The maximum Gasteiger partial charge on any atom is 0.243 e. The summed E-state index contributed by atoms with van der Waals surface area (Å²) in [5.41, 5.74) is 0. The number of aromatic nitrogens is 2. The van der Waals surface area contributed by atoms with Crippen LogP contribution in [0.2, 0.25) is 0 Å². The molecule has 0 saturated carbocycles. The van der Waals surface area contributed by atoms with E-state index in [9.17, 15) is 9.59 Å². The molecule has 2 amide bonds.